The van der Waals surface area contributed by atoms with Crippen LogP contribution in [0, 0.1) is 6.92 Å². The summed E-state index contributed by atoms with van der Waals surface area (Å²) in [6.07, 6.45) is 6.27. The molecule has 0 fully saturated rings. The van der Waals surface area contributed by atoms with E-state index in [2.05, 4.69) is 27.5 Å². The predicted octanol–water partition coefficient (Wildman–Crippen LogP) is 4.10. The topological polar surface area (TPSA) is 66.9 Å². The highest BCUT2D eigenvalue weighted by atomic mass is 35.5. The predicted molar refractivity (Wildman–Crippen MR) is 93.4 cm³/mol. The maximum atomic E-state index is 11.9. The number of anilines is 2. The number of unbranched alkanes of at least 4 members (excludes halogenated alkanes) is 2. The van der Waals surface area contributed by atoms with E-state index in [4.69, 9.17) is 11.6 Å². The van der Waals surface area contributed by atoms with E-state index in [-0.39, 0.29) is 5.91 Å². The Labute approximate surface area is 141 Å². The van der Waals surface area contributed by atoms with Gasteiger partial charge in [0.1, 0.15) is 0 Å². The molecule has 0 aliphatic rings. The minimum atomic E-state index is -0.143. The van der Waals surface area contributed by atoms with E-state index in [1.807, 2.05) is 19.1 Å². The number of nitrogens with zero attached hydrogens (tertiary/aromatic N) is 2. The summed E-state index contributed by atoms with van der Waals surface area (Å²) in [7, 11) is 0. The van der Waals surface area contributed by atoms with Crippen LogP contribution >= 0.6 is 11.6 Å². The Morgan fingerprint density at radius 3 is 2.61 bits per heavy atom. The summed E-state index contributed by atoms with van der Waals surface area (Å²) < 4.78 is 0. The van der Waals surface area contributed by atoms with Crippen LogP contribution in [0.25, 0.3) is 0 Å². The van der Waals surface area contributed by atoms with Gasteiger partial charge in [-0.15, -0.1) is 0 Å². The largest absolute Gasteiger partial charge is 0.352 e. The van der Waals surface area contributed by atoms with Crippen molar-refractivity contribution in [3.8, 4) is 0 Å². The molecule has 2 aromatic rings. The molecule has 6 heteroatoms. The van der Waals surface area contributed by atoms with Crippen LogP contribution < -0.4 is 10.6 Å². The number of nitrogens with one attached hydrogen (secondary N) is 2. The first-order valence-electron chi connectivity index (χ1n) is 7.73. The van der Waals surface area contributed by atoms with Crippen molar-refractivity contribution in [2.45, 2.75) is 33.1 Å². The number of amides is 1. The molecule has 1 heterocycles. The van der Waals surface area contributed by atoms with E-state index >= 15 is 0 Å². The van der Waals surface area contributed by atoms with Crippen LogP contribution in [-0.2, 0) is 0 Å². The molecule has 1 aromatic heterocycles. The average Bonchev–Trinajstić information content (AvgIpc) is 2.55. The van der Waals surface area contributed by atoms with Gasteiger partial charge in [0, 0.05) is 29.6 Å². The zero-order chi connectivity index (χ0) is 16.7. The summed E-state index contributed by atoms with van der Waals surface area (Å²) in [5, 5.41) is 6.66. The standard InChI is InChI=1S/C17H21ClN4O/c1-3-4-5-8-19-16(23)13-10-20-17(21-11-13)22-15-7-6-14(18)9-12(15)2/h6-7,9-11H,3-5,8H2,1-2H3,(H,19,23)(H,20,21,22). The van der Waals surface area contributed by atoms with Crippen LogP contribution in [0.3, 0.4) is 0 Å². The van der Waals surface area contributed by atoms with E-state index in [1.54, 1.807) is 6.07 Å². The Balaban J connectivity index is 1.95. The molecule has 1 amide bonds. The fourth-order valence-corrected chi connectivity index (χ4v) is 2.30. The zero-order valence-corrected chi connectivity index (χ0v) is 14.2. The molecule has 5 nitrogen and oxygen atoms in total. The molecule has 2 rings (SSSR count). The minimum Gasteiger partial charge on any atom is -0.352 e. The van der Waals surface area contributed by atoms with Crippen LogP contribution in [0.15, 0.2) is 30.6 Å². The van der Waals surface area contributed by atoms with Crippen LogP contribution in [0.2, 0.25) is 5.02 Å². The van der Waals surface area contributed by atoms with Crippen LogP contribution in [-0.4, -0.2) is 22.4 Å². The lowest BCUT2D eigenvalue weighted by Crippen LogP contribution is -2.24. The molecule has 0 aliphatic heterocycles. The number of benzene rings is 1. The Morgan fingerprint density at radius 1 is 1.22 bits per heavy atom. The van der Waals surface area contributed by atoms with E-state index in [0.29, 0.717) is 23.1 Å². The SMILES string of the molecule is CCCCCNC(=O)c1cnc(Nc2ccc(Cl)cc2C)nc1. The highest BCUT2D eigenvalue weighted by Crippen LogP contribution is 2.21. The van der Waals surface area contributed by atoms with Crippen molar-refractivity contribution >= 4 is 29.1 Å². The van der Waals surface area contributed by atoms with Crippen molar-refractivity contribution in [2.24, 2.45) is 0 Å². The second kappa shape index (κ2) is 8.48. The monoisotopic (exact) mass is 332 g/mol. The minimum absolute atomic E-state index is 0.143. The van der Waals surface area contributed by atoms with Crippen LogP contribution in [0.5, 0.6) is 0 Å². The lowest BCUT2D eigenvalue weighted by molar-refractivity contribution is 0.0952. The number of aromatic nitrogens is 2. The Bertz CT molecular complexity index is 658. The highest BCUT2D eigenvalue weighted by molar-refractivity contribution is 6.30. The molecular weight excluding hydrogens is 312 g/mol. The summed E-state index contributed by atoms with van der Waals surface area (Å²) in [6.45, 7) is 4.76. The number of hydrogen-bond donors (Lipinski definition) is 2. The summed E-state index contributed by atoms with van der Waals surface area (Å²) in [5.74, 6) is 0.299. The van der Waals surface area contributed by atoms with Crippen LogP contribution in [0.1, 0.15) is 42.1 Å². The lowest BCUT2D eigenvalue weighted by atomic mass is 10.2. The van der Waals surface area contributed by atoms with E-state index in [0.717, 1.165) is 30.5 Å². The number of carbonyl (C=O) groups is 1. The van der Waals surface area contributed by atoms with E-state index in [1.165, 1.54) is 12.4 Å². The third kappa shape index (κ3) is 5.21. The van der Waals surface area contributed by atoms with Crippen molar-refractivity contribution < 1.29 is 4.79 Å². The first-order chi connectivity index (χ1) is 11.1. The molecule has 2 N–H and O–H groups in total. The molecule has 0 saturated heterocycles. The van der Waals surface area contributed by atoms with Gasteiger partial charge in [0.2, 0.25) is 5.95 Å². The Morgan fingerprint density at radius 2 is 1.96 bits per heavy atom. The molecule has 0 bridgehead atoms. The van der Waals surface area contributed by atoms with Gasteiger partial charge in [-0.2, -0.15) is 0 Å². The fraction of sp³-hybridized carbons (Fsp3) is 0.353. The molecule has 0 atom stereocenters. The van der Waals surface area contributed by atoms with Crippen molar-refractivity contribution in [3.63, 3.8) is 0 Å². The molecule has 1 aromatic carbocycles. The number of carbonyl (C=O) groups excluding carboxylic acids is 1. The molecule has 0 spiro atoms. The quantitative estimate of drug-likeness (QED) is 0.749. The summed E-state index contributed by atoms with van der Waals surface area (Å²) in [4.78, 5) is 20.3. The fourth-order valence-electron chi connectivity index (χ4n) is 2.08. The molecule has 0 aliphatic carbocycles. The number of aryl methyl sites for hydroxylation is 1. The lowest BCUT2D eigenvalue weighted by Gasteiger charge is -2.09. The van der Waals surface area contributed by atoms with Gasteiger partial charge in [-0.25, -0.2) is 9.97 Å². The summed E-state index contributed by atoms with van der Waals surface area (Å²) in [6, 6.07) is 5.53. The smallest absolute Gasteiger partial charge is 0.254 e. The average molecular weight is 333 g/mol. The van der Waals surface area contributed by atoms with Gasteiger partial charge >= 0.3 is 0 Å². The van der Waals surface area contributed by atoms with Crippen LogP contribution in [0.4, 0.5) is 11.6 Å². The summed E-state index contributed by atoms with van der Waals surface area (Å²) >= 11 is 5.93. The molecule has 0 saturated carbocycles. The molecule has 0 unspecified atom stereocenters. The van der Waals surface area contributed by atoms with Crippen molar-refractivity contribution in [1.29, 1.82) is 0 Å². The van der Waals surface area contributed by atoms with Crippen molar-refractivity contribution in [1.82, 2.24) is 15.3 Å². The van der Waals surface area contributed by atoms with Gasteiger partial charge in [0.15, 0.2) is 0 Å². The Hall–Kier alpha value is -2.14. The van der Waals surface area contributed by atoms with Gasteiger partial charge in [0.05, 0.1) is 5.56 Å². The third-order valence-electron chi connectivity index (χ3n) is 3.41. The maximum absolute atomic E-state index is 11.9. The maximum Gasteiger partial charge on any atom is 0.254 e. The van der Waals surface area contributed by atoms with Gasteiger partial charge in [-0.3, -0.25) is 4.79 Å². The van der Waals surface area contributed by atoms with Gasteiger partial charge in [0.25, 0.3) is 5.91 Å². The summed E-state index contributed by atoms with van der Waals surface area (Å²) in [5.41, 5.74) is 2.34. The highest BCUT2D eigenvalue weighted by Gasteiger charge is 2.07. The van der Waals surface area contributed by atoms with Gasteiger partial charge < -0.3 is 10.6 Å². The van der Waals surface area contributed by atoms with E-state index in [9.17, 15) is 4.79 Å². The van der Waals surface area contributed by atoms with E-state index < -0.39 is 0 Å². The molecule has 23 heavy (non-hydrogen) atoms. The molecular formula is C17H21ClN4O. The van der Waals surface area contributed by atoms with Crippen molar-refractivity contribution in [2.75, 3.05) is 11.9 Å². The van der Waals surface area contributed by atoms with Gasteiger partial charge in [-0.05, 0) is 37.1 Å². The Kier molecular flexibility index (Phi) is 6.35. The molecule has 122 valence electrons. The second-order valence-electron chi connectivity index (χ2n) is 5.34. The van der Waals surface area contributed by atoms with Gasteiger partial charge in [-0.1, -0.05) is 31.4 Å². The molecule has 0 radical (unpaired) electrons. The third-order valence-corrected chi connectivity index (χ3v) is 3.65. The first kappa shape index (κ1) is 17.2. The number of rotatable bonds is 7. The second-order valence-corrected chi connectivity index (χ2v) is 5.78. The normalized spacial score (nSPS) is 10.4. The first-order valence-corrected chi connectivity index (χ1v) is 8.11. The number of hydrogen-bond acceptors (Lipinski definition) is 4. The van der Waals surface area contributed by atoms with Crippen molar-refractivity contribution in [3.05, 3.63) is 46.7 Å². The number of halogens is 1. The zero-order valence-electron chi connectivity index (χ0n) is 13.4.